The molecule has 6 nitrogen and oxygen atoms in total. The largest absolute Gasteiger partial charge is 0.496 e. The summed E-state index contributed by atoms with van der Waals surface area (Å²) in [5.41, 5.74) is 2.29. The summed E-state index contributed by atoms with van der Waals surface area (Å²) in [5.74, 6) is 1.01. The van der Waals surface area contributed by atoms with E-state index in [2.05, 4.69) is 22.3 Å². The van der Waals surface area contributed by atoms with E-state index in [9.17, 15) is 9.59 Å². The fourth-order valence-corrected chi connectivity index (χ4v) is 3.85. The second kappa shape index (κ2) is 6.81. The third kappa shape index (κ3) is 3.53. The molecule has 2 saturated heterocycles. The van der Waals surface area contributed by atoms with Gasteiger partial charge in [-0.05, 0) is 30.5 Å². The van der Waals surface area contributed by atoms with Gasteiger partial charge in [0.25, 0.3) is 0 Å². The quantitative estimate of drug-likeness (QED) is 0.891. The first-order chi connectivity index (χ1) is 11.5. The Morgan fingerprint density at radius 1 is 1.38 bits per heavy atom. The molecule has 3 rings (SSSR count). The van der Waals surface area contributed by atoms with Gasteiger partial charge >= 0.3 is 0 Å². The van der Waals surface area contributed by atoms with Crippen LogP contribution < -0.4 is 10.1 Å². The summed E-state index contributed by atoms with van der Waals surface area (Å²) in [4.78, 5) is 27.8. The Kier molecular flexibility index (Phi) is 4.76. The van der Waals surface area contributed by atoms with Gasteiger partial charge in [-0.1, -0.05) is 12.1 Å². The monoisotopic (exact) mass is 331 g/mol. The van der Waals surface area contributed by atoms with Crippen molar-refractivity contribution in [1.29, 1.82) is 0 Å². The molecule has 0 spiro atoms. The second-order valence-corrected chi connectivity index (χ2v) is 6.81. The smallest absolute Gasteiger partial charge is 0.237 e. The Balaban J connectivity index is 1.64. The molecule has 2 atom stereocenters. The molecular formula is C18H25N3O3. The van der Waals surface area contributed by atoms with Crippen molar-refractivity contribution in [3.05, 3.63) is 29.3 Å². The van der Waals surface area contributed by atoms with Gasteiger partial charge in [-0.25, -0.2) is 0 Å². The van der Waals surface area contributed by atoms with E-state index in [0.29, 0.717) is 13.1 Å². The first-order valence-electron chi connectivity index (χ1n) is 8.38. The lowest BCUT2D eigenvalue weighted by Crippen LogP contribution is -2.53. The average molecular weight is 331 g/mol. The Labute approximate surface area is 142 Å². The van der Waals surface area contributed by atoms with E-state index >= 15 is 0 Å². The summed E-state index contributed by atoms with van der Waals surface area (Å²) in [6.45, 7) is 6.24. The van der Waals surface area contributed by atoms with E-state index in [4.69, 9.17) is 4.74 Å². The van der Waals surface area contributed by atoms with Gasteiger partial charge in [0, 0.05) is 38.6 Å². The molecule has 1 aromatic rings. The minimum absolute atomic E-state index is 0.0298. The zero-order chi connectivity index (χ0) is 17.3. The van der Waals surface area contributed by atoms with Crippen molar-refractivity contribution < 1.29 is 14.3 Å². The Morgan fingerprint density at radius 3 is 2.83 bits per heavy atom. The van der Waals surface area contributed by atoms with Gasteiger partial charge in [0.1, 0.15) is 5.75 Å². The molecule has 6 heteroatoms. The van der Waals surface area contributed by atoms with Crippen molar-refractivity contribution >= 4 is 11.8 Å². The van der Waals surface area contributed by atoms with Crippen LogP contribution in [0, 0.1) is 6.92 Å². The third-order valence-electron chi connectivity index (χ3n) is 4.84. The lowest BCUT2D eigenvalue weighted by atomic mass is 10.1. The van der Waals surface area contributed by atoms with Crippen LogP contribution in [0.3, 0.4) is 0 Å². The number of rotatable bonds is 4. The van der Waals surface area contributed by atoms with Gasteiger partial charge in [0.2, 0.25) is 11.8 Å². The number of hydrogen-bond donors (Lipinski definition) is 1. The van der Waals surface area contributed by atoms with Gasteiger partial charge in [0.15, 0.2) is 0 Å². The fourth-order valence-electron chi connectivity index (χ4n) is 3.85. The normalized spacial score (nSPS) is 24.0. The number of fused-ring (bicyclic) bond motifs is 1. The van der Waals surface area contributed by atoms with Crippen LogP contribution in [0.2, 0.25) is 0 Å². The highest BCUT2D eigenvalue weighted by molar-refractivity contribution is 5.80. The minimum atomic E-state index is -0.0298. The molecule has 24 heavy (non-hydrogen) atoms. The SMILES string of the molecule is COc1ccc(CN2CC(=O)N3CC(NC(C)=O)CC3C2)cc1C. The zero-order valence-corrected chi connectivity index (χ0v) is 14.5. The van der Waals surface area contributed by atoms with Gasteiger partial charge in [-0.2, -0.15) is 0 Å². The molecule has 0 radical (unpaired) electrons. The Hall–Kier alpha value is -2.08. The molecule has 0 bridgehead atoms. The molecule has 2 aliphatic heterocycles. The summed E-state index contributed by atoms with van der Waals surface area (Å²) in [5, 5.41) is 2.94. The number of aryl methyl sites for hydroxylation is 1. The molecular weight excluding hydrogens is 306 g/mol. The van der Waals surface area contributed by atoms with E-state index in [-0.39, 0.29) is 23.9 Å². The lowest BCUT2D eigenvalue weighted by Gasteiger charge is -2.37. The highest BCUT2D eigenvalue weighted by Gasteiger charge is 2.40. The molecule has 2 heterocycles. The number of nitrogens with one attached hydrogen (secondary N) is 1. The van der Waals surface area contributed by atoms with Crippen molar-refractivity contribution in [2.75, 3.05) is 26.7 Å². The van der Waals surface area contributed by atoms with Crippen LogP contribution in [0.4, 0.5) is 0 Å². The standard InChI is InChI=1S/C18H25N3O3/c1-12-6-14(4-5-17(12)24-3)8-20-10-16-7-15(19-13(2)22)9-21(16)18(23)11-20/h4-6,15-16H,7-11H2,1-3H3,(H,19,22). The maximum Gasteiger partial charge on any atom is 0.237 e. The maximum atomic E-state index is 12.4. The van der Waals surface area contributed by atoms with E-state index < -0.39 is 0 Å². The first-order valence-corrected chi connectivity index (χ1v) is 8.38. The molecule has 2 amide bonds. The maximum absolute atomic E-state index is 12.4. The first kappa shape index (κ1) is 16.8. The average Bonchev–Trinajstić information content (AvgIpc) is 2.89. The van der Waals surface area contributed by atoms with Crippen LogP contribution in [0.25, 0.3) is 0 Å². The fraction of sp³-hybridized carbons (Fsp3) is 0.556. The van der Waals surface area contributed by atoms with Crippen LogP contribution in [0.5, 0.6) is 5.75 Å². The minimum Gasteiger partial charge on any atom is -0.496 e. The van der Waals surface area contributed by atoms with Crippen molar-refractivity contribution in [3.63, 3.8) is 0 Å². The molecule has 2 unspecified atom stereocenters. The predicted molar refractivity (Wildman–Crippen MR) is 90.7 cm³/mol. The summed E-state index contributed by atoms with van der Waals surface area (Å²) < 4.78 is 5.30. The van der Waals surface area contributed by atoms with E-state index in [1.807, 2.05) is 17.9 Å². The number of amides is 2. The number of nitrogens with zero attached hydrogens (tertiary/aromatic N) is 2. The van der Waals surface area contributed by atoms with Crippen LogP contribution >= 0.6 is 0 Å². The highest BCUT2D eigenvalue weighted by Crippen LogP contribution is 2.25. The molecule has 0 aliphatic carbocycles. The molecule has 130 valence electrons. The van der Waals surface area contributed by atoms with Crippen LogP contribution in [0.1, 0.15) is 24.5 Å². The molecule has 0 aromatic heterocycles. The van der Waals surface area contributed by atoms with Gasteiger partial charge in [-0.3, -0.25) is 14.5 Å². The number of carbonyl (C=O) groups is 2. The molecule has 0 saturated carbocycles. The number of methoxy groups -OCH3 is 1. The molecule has 1 aromatic carbocycles. The zero-order valence-electron chi connectivity index (χ0n) is 14.5. The predicted octanol–water partition coefficient (Wildman–Crippen LogP) is 0.925. The lowest BCUT2D eigenvalue weighted by molar-refractivity contribution is -0.138. The topological polar surface area (TPSA) is 61.9 Å². The molecule has 2 fully saturated rings. The second-order valence-electron chi connectivity index (χ2n) is 6.81. The van der Waals surface area contributed by atoms with Crippen molar-refractivity contribution in [2.45, 2.75) is 38.9 Å². The number of ether oxygens (including phenoxy) is 1. The summed E-state index contributed by atoms with van der Waals surface area (Å²) in [6.07, 6.45) is 0.837. The number of piperazine rings is 1. The highest BCUT2D eigenvalue weighted by atomic mass is 16.5. The number of carbonyl (C=O) groups excluding carboxylic acids is 2. The van der Waals surface area contributed by atoms with Gasteiger partial charge in [-0.15, -0.1) is 0 Å². The number of benzene rings is 1. The van der Waals surface area contributed by atoms with Crippen molar-refractivity contribution in [3.8, 4) is 5.75 Å². The van der Waals surface area contributed by atoms with Crippen LogP contribution in [-0.2, 0) is 16.1 Å². The Bertz CT molecular complexity index is 646. The van der Waals surface area contributed by atoms with E-state index in [0.717, 1.165) is 30.8 Å². The van der Waals surface area contributed by atoms with Crippen molar-refractivity contribution in [2.24, 2.45) is 0 Å². The Morgan fingerprint density at radius 2 is 2.17 bits per heavy atom. The van der Waals surface area contributed by atoms with Crippen LogP contribution in [0.15, 0.2) is 18.2 Å². The molecule has 1 N–H and O–H groups in total. The van der Waals surface area contributed by atoms with E-state index in [1.165, 1.54) is 12.5 Å². The van der Waals surface area contributed by atoms with Gasteiger partial charge < -0.3 is 15.0 Å². The van der Waals surface area contributed by atoms with Crippen molar-refractivity contribution in [1.82, 2.24) is 15.1 Å². The summed E-state index contributed by atoms with van der Waals surface area (Å²) in [6, 6.07) is 6.43. The third-order valence-corrected chi connectivity index (χ3v) is 4.84. The summed E-state index contributed by atoms with van der Waals surface area (Å²) >= 11 is 0. The van der Waals surface area contributed by atoms with Gasteiger partial charge in [0.05, 0.1) is 13.7 Å². The summed E-state index contributed by atoms with van der Waals surface area (Å²) in [7, 11) is 1.67. The molecule has 2 aliphatic rings. The number of hydrogen-bond acceptors (Lipinski definition) is 4. The van der Waals surface area contributed by atoms with E-state index in [1.54, 1.807) is 7.11 Å². The van der Waals surface area contributed by atoms with Crippen LogP contribution in [-0.4, -0.2) is 60.4 Å².